The van der Waals surface area contributed by atoms with Gasteiger partial charge in [-0.3, -0.25) is 9.59 Å². The van der Waals surface area contributed by atoms with Crippen LogP contribution in [0.2, 0.25) is 5.02 Å². The SMILES string of the molecule is CCN(CC)C(=O)c1nn(-c2ccc(Cl)cc2)c(C)cc1=O. The highest BCUT2D eigenvalue weighted by Gasteiger charge is 2.19. The average molecular weight is 320 g/mol. The third kappa shape index (κ3) is 3.20. The molecule has 0 atom stereocenters. The lowest BCUT2D eigenvalue weighted by molar-refractivity contribution is 0.0763. The molecule has 6 heteroatoms. The summed E-state index contributed by atoms with van der Waals surface area (Å²) in [5.74, 6) is -0.349. The molecule has 0 spiro atoms. The molecule has 116 valence electrons. The van der Waals surface area contributed by atoms with Gasteiger partial charge in [-0.1, -0.05) is 11.6 Å². The first-order valence-corrected chi connectivity index (χ1v) is 7.52. The molecule has 1 heterocycles. The van der Waals surface area contributed by atoms with Crippen molar-refractivity contribution in [1.29, 1.82) is 0 Å². The molecule has 5 nitrogen and oxygen atoms in total. The van der Waals surface area contributed by atoms with E-state index in [9.17, 15) is 9.59 Å². The van der Waals surface area contributed by atoms with E-state index in [1.807, 2.05) is 13.8 Å². The summed E-state index contributed by atoms with van der Waals surface area (Å²) >= 11 is 5.88. The van der Waals surface area contributed by atoms with Gasteiger partial charge in [0.05, 0.1) is 5.69 Å². The van der Waals surface area contributed by atoms with Crippen molar-refractivity contribution in [3.05, 3.63) is 57.0 Å². The molecule has 0 fully saturated rings. The van der Waals surface area contributed by atoms with Crippen LogP contribution in [0.5, 0.6) is 0 Å². The molecule has 2 aromatic rings. The van der Waals surface area contributed by atoms with E-state index in [0.717, 1.165) is 5.69 Å². The van der Waals surface area contributed by atoms with Gasteiger partial charge in [0.15, 0.2) is 5.69 Å². The number of benzene rings is 1. The Balaban J connectivity index is 2.54. The van der Waals surface area contributed by atoms with Crippen LogP contribution in [0.1, 0.15) is 30.0 Å². The van der Waals surface area contributed by atoms with Gasteiger partial charge in [0.1, 0.15) is 0 Å². The molecule has 0 N–H and O–H groups in total. The highest BCUT2D eigenvalue weighted by Crippen LogP contribution is 2.14. The number of carbonyl (C=O) groups excluding carboxylic acids is 1. The summed E-state index contributed by atoms with van der Waals surface area (Å²) < 4.78 is 1.58. The molecule has 0 unspecified atom stereocenters. The summed E-state index contributed by atoms with van der Waals surface area (Å²) in [6.45, 7) is 6.58. The maximum absolute atomic E-state index is 12.4. The molecule has 1 amide bonds. The number of hydrogen-bond acceptors (Lipinski definition) is 3. The summed E-state index contributed by atoms with van der Waals surface area (Å²) in [5.41, 5.74) is 0.975. The number of aryl methyl sites for hydroxylation is 1. The van der Waals surface area contributed by atoms with Crippen molar-refractivity contribution in [2.45, 2.75) is 20.8 Å². The molecule has 0 bridgehead atoms. The largest absolute Gasteiger partial charge is 0.338 e. The zero-order chi connectivity index (χ0) is 16.3. The number of hydrogen-bond donors (Lipinski definition) is 0. The van der Waals surface area contributed by atoms with Crippen LogP contribution in [0.25, 0.3) is 5.69 Å². The van der Waals surface area contributed by atoms with Crippen molar-refractivity contribution < 1.29 is 4.79 Å². The Kier molecular flexibility index (Phi) is 4.98. The van der Waals surface area contributed by atoms with Crippen molar-refractivity contribution in [3.63, 3.8) is 0 Å². The fourth-order valence-electron chi connectivity index (χ4n) is 2.20. The Morgan fingerprint density at radius 2 is 1.82 bits per heavy atom. The number of nitrogens with zero attached hydrogens (tertiary/aromatic N) is 3. The number of halogens is 1. The summed E-state index contributed by atoms with van der Waals surface area (Å²) in [4.78, 5) is 26.1. The van der Waals surface area contributed by atoms with Gasteiger partial charge >= 0.3 is 0 Å². The van der Waals surface area contributed by atoms with E-state index in [2.05, 4.69) is 5.10 Å². The average Bonchev–Trinajstić information content (AvgIpc) is 2.49. The van der Waals surface area contributed by atoms with Gasteiger partial charge < -0.3 is 4.90 Å². The maximum Gasteiger partial charge on any atom is 0.278 e. The van der Waals surface area contributed by atoms with Crippen LogP contribution >= 0.6 is 11.6 Å². The zero-order valence-electron chi connectivity index (χ0n) is 12.8. The molecular formula is C16H18ClN3O2. The van der Waals surface area contributed by atoms with E-state index < -0.39 is 0 Å². The van der Waals surface area contributed by atoms with Gasteiger partial charge in [-0.25, -0.2) is 4.68 Å². The van der Waals surface area contributed by atoms with Crippen LogP contribution in [0.4, 0.5) is 0 Å². The molecular weight excluding hydrogens is 302 g/mol. The van der Waals surface area contributed by atoms with Gasteiger partial charge in [0.25, 0.3) is 5.91 Å². The van der Waals surface area contributed by atoms with E-state index in [1.54, 1.807) is 40.8 Å². The predicted octanol–water partition coefficient (Wildman–Crippen LogP) is 2.68. The first kappa shape index (κ1) is 16.2. The van der Waals surface area contributed by atoms with Crippen molar-refractivity contribution in [2.24, 2.45) is 0 Å². The number of carbonyl (C=O) groups is 1. The predicted molar refractivity (Wildman–Crippen MR) is 86.8 cm³/mol. The zero-order valence-corrected chi connectivity index (χ0v) is 13.6. The van der Waals surface area contributed by atoms with E-state index in [-0.39, 0.29) is 17.0 Å². The molecule has 0 aliphatic rings. The van der Waals surface area contributed by atoms with Gasteiger partial charge in [0.2, 0.25) is 5.43 Å². The summed E-state index contributed by atoms with van der Waals surface area (Å²) in [5, 5.41) is 4.87. The Morgan fingerprint density at radius 1 is 1.23 bits per heavy atom. The smallest absolute Gasteiger partial charge is 0.278 e. The first-order valence-electron chi connectivity index (χ1n) is 7.14. The van der Waals surface area contributed by atoms with Crippen molar-refractivity contribution in [1.82, 2.24) is 14.7 Å². The molecule has 0 saturated heterocycles. The lowest BCUT2D eigenvalue weighted by Crippen LogP contribution is -2.36. The summed E-state index contributed by atoms with van der Waals surface area (Å²) in [7, 11) is 0. The summed E-state index contributed by atoms with van der Waals surface area (Å²) in [6.07, 6.45) is 0. The van der Waals surface area contributed by atoms with E-state index in [4.69, 9.17) is 11.6 Å². The second kappa shape index (κ2) is 6.75. The first-order chi connectivity index (χ1) is 10.5. The van der Waals surface area contributed by atoms with Crippen LogP contribution < -0.4 is 5.43 Å². The van der Waals surface area contributed by atoms with Crippen LogP contribution in [0.3, 0.4) is 0 Å². The minimum atomic E-state index is -0.361. The number of aromatic nitrogens is 2. The monoisotopic (exact) mass is 319 g/mol. The molecule has 22 heavy (non-hydrogen) atoms. The highest BCUT2D eigenvalue weighted by molar-refractivity contribution is 6.30. The fraction of sp³-hybridized carbons (Fsp3) is 0.312. The van der Waals surface area contributed by atoms with Gasteiger partial charge in [-0.2, -0.15) is 5.10 Å². The molecule has 0 aliphatic carbocycles. The third-order valence-electron chi connectivity index (χ3n) is 3.43. The normalized spacial score (nSPS) is 10.5. The molecule has 1 aromatic heterocycles. The number of amides is 1. The van der Waals surface area contributed by atoms with Crippen molar-refractivity contribution >= 4 is 17.5 Å². The van der Waals surface area contributed by atoms with Crippen molar-refractivity contribution in [3.8, 4) is 5.69 Å². The molecule has 0 radical (unpaired) electrons. The van der Waals surface area contributed by atoms with Crippen molar-refractivity contribution in [2.75, 3.05) is 13.1 Å². The van der Waals surface area contributed by atoms with E-state index in [1.165, 1.54) is 6.07 Å². The standard InChI is InChI=1S/C16H18ClN3O2/c1-4-19(5-2)16(22)15-14(21)10-11(3)20(18-15)13-8-6-12(17)7-9-13/h6-10H,4-5H2,1-3H3. The molecule has 0 saturated carbocycles. The summed E-state index contributed by atoms with van der Waals surface area (Å²) in [6, 6.07) is 8.49. The Labute approximate surface area is 134 Å². The van der Waals surface area contributed by atoms with Gasteiger partial charge in [-0.15, -0.1) is 0 Å². The fourth-order valence-corrected chi connectivity index (χ4v) is 2.33. The Hall–Kier alpha value is -2.14. The quantitative estimate of drug-likeness (QED) is 0.870. The van der Waals surface area contributed by atoms with Crippen LogP contribution in [0.15, 0.2) is 35.1 Å². The second-order valence-corrected chi connectivity index (χ2v) is 5.30. The van der Waals surface area contributed by atoms with Crippen LogP contribution in [0, 0.1) is 6.92 Å². The van der Waals surface area contributed by atoms with Gasteiger partial charge in [-0.05, 0) is 45.0 Å². The molecule has 0 aliphatic heterocycles. The second-order valence-electron chi connectivity index (χ2n) is 4.86. The van der Waals surface area contributed by atoms with Crippen LogP contribution in [-0.4, -0.2) is 33.7 Å². The van der Waals surface area contributed by atoms with Gasteiger partial charge in [0, 0.05) is 29.9 Å². The minimum absolute atomic E-state index is 0.0655. The third-order valence-corrected chi connectivity index (χ3v) is 3.68. The topological polar surface area (TPSA) is 55.2 Å². The molecule has 1 aromatic carbocycles. The lowest BCUT2D eigenvalue weighted by atomic mass is 10.2. The van der Waals surface area contributed by atoms with E-state index in [0.29, 0.717) is 23.8 Å². The molecule has 2 rings (SSSR count). The Bertz CT molecular complexity index is 734. The maximum atomic E-state index is 12.4. The highest BCUT2D eigenvalue weighted by atomic mass is 35.5. The number of rotatable bonds is 4. The van der Waals surface area contributed by atoms with E-state index >= 15 is 0 Å². The minimum Gasteiger partial charge on any atom is -0.338 e. The van der Waals surface area contributed by atoms with Crippen LogP contribution in [-0.2, 0) is 0 Å². The Morgan fingerprint density at radius 3 is 2.36 bits per heavy atom. The lowest BCUT2D eigenvalue weighted by Gasteiger charge is -2.18.